The molecule has 1 aliphatic carbocycles. The van der Waals surface area contributed by atoms with Crippen LogP contribution in [0, 0.1) is 17.8 Å². The van der Waals surface area contributed by atoms with Crippen molar-refractivity contribution in [2.75, 3.05) is 0 Å². The highest BCUT2D eigenvalue weighted by Gasteiger charge is 2.23. The van der Waals surface area contributed by atoms with E-state index in [2.05, 4.69) is 39.5 Å². The van der Waals surface area contributed by atoms with Crippen molar-refractivity contribution in [1.82, 2.24) is 0 Å². The maximum Gasteiger partial charge on any atom is 0.0270 e. The Hall–Kier alpha value is -0.980. The minimum Gasteiger partial charge on any atom is -0.399 e. The first-order valence-electron chi connectivity index (χ1n) is 7.42. The van der Waals surface area contributed by atoms with Crippen molar-refractivity contribution in [2.24, 2.45) is 23.5 Å². The van der Waals surface area contributed by atoms with Crippen molar-refractivity contribution >= 4 is 0 Å². The molecule has 0 spiro atoms. The average Bonchev–Trinajstić information content (AvgIpc) is 2.38. The number of hydrogen-bond donors (Lipinski definition) is 1. The van der Waals surface area contributed by atoms with Gasteiger partial charge in [-0.05, 0) is 55.9 Å². The van der Waals surface area contributed by atoms with Crippen LogP contribution in [-0.4, -0.2) is 0 Å². The molecule has 0 aromatic carbocycles. The highest BCUT2D eigenvalue weighted by Crippen LogP contribution is 2.35. The van der Waals surface area contributed by atoms with Crippen molar-refractivity contribution < 1.29 is 0 Å². The molecular weight excluding hydrogens is 218 g/mol. The van der Waals surface area contributed by atoms with Gasteiger partial charge in [0.2, 0.25) is 0 Å². The quantitative estimate of drug-likeness (QED) is 0.529. The van der Waals surface area contributed by atoms with Gasteiger partial charge in [-0.2, -0.15) is 0 Å². The van der Waals surface area contributed by atoms with Crippen LogP contribution in [0.5, 0.6) is 0 Å². The lowest BCUT2D eigenvalue weighted by atomic mass is 9.76. The monoisotopic (exact) mass is 247 g/mol. The summed E-state index contributed by atoms with van der Waals surface area (Å²) < 4.78 is 0. The van der Waals surface area contributed by atoms with Crippen LogP contribution < -0.4 is 5.73 Å². The molecule has 102 valence electrons. The van der Waals surface area contributed by atoms with Crippen molar-refractivity contribution in [1.29, 1.82) is 0 Å². The van der Waals surface area contributed by atoms with E-state index in [4.69, 9.17) is 5.73 Å². The van der Waals surface area contributed by atoms with Gasteiger partial charge in [0.15, 0.2) is 0 Å². The van der Waals surface area contributed by atoms with Crippen molar-refractivity contribution in [3.05, 3.63) is 36.1 Å². The Morgan fingerprint density at radius 3 is 2.72 bits per heavy atom. The summed E-state index contributed by atoms with van der Waals surface area (Å²) in [5, 5.41) is 0. The average molecular weight is 247 g/mol. The molecule has 0 heterocycles. The van der Waals surface area contributed by atoms with E-state index >= 15 is 0 Å². The first kappa shape index (κ1) is 15.1. The molecule has 3 atom stereocenters. The molecule has 0 aromatic rings. The SMILES string of the molecule is C=C/C(N)=C\C(CC)C(CC)C1=C[C@H](C)CCC1. The lowest BCUT2D eigenvalue weighted by Crippen LogP contribution is -2.18. The lowest BCUT2D eigenvalue weighted by molar-refractivity contribution is 0.395. The molecule has 0 amide bonds. The summed E-state index contributed by atoms with van der Waals surface area (Å²) in [7, 11) is 0. The third-order valence-electron chi connectivity index (χ3n) is 4.17. The molecule has 0 aliphatic heterocycles. The van der Waals surface area contributed by atoms with Gasteiger partial charge in [0.25, 0.3) is 0 Å². The van der Waals surface area contributed by atoms with Crippen LogP contribution >= 0.6 is 0 Å². The van der Waals surface area contributed by atoms with Gasteiger partial charge in [-0.15, -0.1) is 0 Å². The standard InChI is InChI=1S/C17H29N/c1-5-14(12-16(18)6-2)17(7-3)15-10-8-9-13(4)11-15/h6,11-14,17H,2,5,7-10,18H2,1,3-4H3/b16-12+/t13-,14?,17?/m1/s1. The van der Waals surface area contributed by atoms with Crippen molar-refractivity contribution in [3.63, 3.8) is 0 Å². The van der Waals surface area contributed by atoms with Gasteiger partial charge in [0, 0.05) is 5.70 Å². The Morgan fingerprint density at radius 1 is 1.50 bits per heavy atom. The predicted molar refractivity (Wildman–Crippen MR) is 81.1 cm³/mol. The van der Waals surface area contributed by atoms with Gasteiger partial charge < -0.3 is 5.73 Å². The summed E-state index contributed by atoms with van der Waals surface area (Å²) in [5.74, 6) is 1.97. The fraction of sp³-hybridized carbons (Fsp3) is 0.647. The van der Waals surface area contributed by atoms with E-state index in [0.717, 1.165) is 18.0 Å². The highest BCUT2D eigenvalue weighted by atomic mass is 14.6. The molecule has 0 aromatic heterocycles. The summed E-state index contributed by atoms with van der Waals surface area (Å²) >= 11 is 0. The van der Waals surface area contributed by atoms with Crippen molar-refractivity contribution in [3.8, 4) is 0 Å². The Balaban J connectivity index is 2.89. The Labute approximate surface area is 113 Å². The first-order chi connectivity index (χ1) is 8.62. The summed E-state index contributed by atoms with van der Waals surface area (Å²) in [6, 6.07) is 0. The Kier molecular flexibility index (Phi) is 6.24. The maximum absolute atomic E-state index is 5.92. The molecule has 0 fully saturated rings. The van der Waals surface area contributed by atoms with E-state index in [1.165, 1.54) is 25.7 Å². The smallest absolute Gasteiger partial charge is 0.0270 e. The van der Waals surface area contributed by atoms with Gasteiger partial charge >= 0.3 is 0 Å². The Morgan fingerprint density at radius 2 is 2.22 bits per heavy atom. The number of rotatable bonds is 6. The topological polar surface area (TPSA) is 26.0 Å². The van der Waals surface area contributed by atoms with Crippen LogP contribution in [0.2, 0.25) is 0 Å². The Bertz CT molecular complexity index is 325. The molecular formula is C17H29N. The van der Waals surface area contributed by atoms with Crippen LogP contribution in [0.4, 0.5) is 0 Å². The van der Waals surface area contributed by atoms with E-state index < -0.39 is 0 Å². The second-order valence-electron chi connectivity index (χ2n) is 5.57. The summed E-state index contributed by atoms with van der Waals surface area (Å²) in [4.78, 5) is 0. The zero-order chi connectivity index (χ0) is 13.5. The molecule has 1 heteroatoms. The third-order valence-corrected chi connectivity index (χ3v) is 4.17. The molecule has 18 heavy (non-hydrogen) atoms. The number of nitrogens with two attached hydrogens (primary N) is 1. The van der Waals surface area contributed by atoms with Crippen LogP contribution in [0.15, 0.2) is 36.1 Å². The zero-order valence-electron chi connectivity index (χ0n) is 12.3. The molecule has 2 unspecified atom stereocenters. The third kappa shape index (κ3) is 4.04. The molecule has 2 N–H and O–H groups in total. The van der Waals surface area contributed by atoms with E-state index in [1.807, 2.05) is 0 Å². The normalized spacial score (nSPS) is 24.3. The van der Waals surface area contributed by atoms with Crippen LogP contribution in [0.3, 0.4) is 0 Å². The summed E-state index contributed by atoms with van der Waals surface area (Å²) in [6.45, 7) is 10.6. The fourth-order valence-corrected chi connectivity index (χ4v) is 3.14. The lowest BCUT2D eigenvalue weighted by Gasteiger charge is -2.29. The molecule has 0 saturated heterocycles. The molecule has 0 bridgehead atoms. The van der Waals surface area contributed by atoms with Crippen LogP contribution in [-0.2, 0) is 0 Å². The molecule has 1 aliphatic rings. The van der Waals surface area contributed by atoms with Gasteiger partial charge in [-0.25, -0.2) is 0 Å². The highest BCUT2D eigenvalue weighted by molar-refractivity contribution is 5.19. The van der Waals surface area contributed by atoms with Gasteiger partial charge in [0.1, 0.15) is 0 Å². The maximum atomic E-state index is 5.92. The summed E-state index contributed by atoms with van der Waals surface area (Å²) in [6.07, 6.45) is 12.8. The largest absolute Gasteiger partial charge is 0.399 e. The van der Waals surface area contributed by atoms with E-state index in [-0.39, 0.29) is 0 Å². The van der Waals surface area contributed by atoms with E-state index in [0.29, 0.717) is 11.8 Å². The summed E-state index contributed by atoms with van der Waals surface area (Å²) in [5.41, 5.74) is 8.41. The van der Waals surface area contributed by atoms with Gasteiger partial charge in [0.05, 0.1) is 0 Å². The van der Waals surface area contributed by atoms with Gasteiger partial charge in [-0.3, -0.25) is 0 Å². The minimum absolute atomic E-state index is 0.560. The fourth-order valence-electron chi connectivity index (χ4n) is 3.14. The second kappa shape index (κ2) is 7.45. The van der Waals surface area contributed by atoms with E-state index in [1.54, 1.807) is 11.6 Å². The van der Waals surface area contributed by atoms with Crippen molar-refractivity contribution in [2.45, 2.75) is 52.9 Å². The second-order valence-corrected chi connectivity index (χ2v) is 5.57. The molecule has 1 rings (SSSR count). The molecule has 0 radical (unpaired) electrons. The van der Waals surface area contributed by atoms with Crippen LogP contribution in [0.1, 0.15) is 52.9 Å². The number of allylic oxidation sites excluding steroid dienone is 4. The zero-order valence-corrected chi connectivity index (χ0v) is 12.3. The van der Waals surface area contributed by atoms with Crippen LogP contribution in [0.25, 0.3) is 0 Å². The number of hydrogen-bond acceptors (Lipinski definition) is 1. The molecule has 0 saturated carbocycles. The van der Waals surface area contributed by atoms with E-state index in [9.17, 15) is 0 Å². The molecule has 1 nitrogen and oxygen atoms in total. The first-order valence-corrected chi connectivity index (χ1v) is 7.42. The predicted octanol–water partition coefficient (Wildman–Crippen LogP) is 4.81. The van der Waals surface area contributed by atoms with Gasteiger partial charge in [-0.1, -0.05) is 45.1 Å². The minimum atomic E-state index is 0.560.